The van der Waals surface area contributed by atoms with Gasteiger partial charge >= 0.3 is 0 Å². The topological polar surface area (TPSA) is 72.2 Å². The largest absolute Gasteiger partial charge is 0.494 e. The zero-order valence-electron chi connectivity index (χ0n) is 20.0. The van der Waals surface area contributed by atoms with E-state index in [1.54, 1.807) is 17.0 Å². The normalized spacial score (nSPS) is 18.3. The molecule has 7 nitrogen and oxygen atoms in total. The van der Waals surface area contributed by atoms with Gasteiger partial charge in [0, 0.05) is 31.2 Å². The molecule has 0 N–H and O–H groups in total. The summed E-state index contributed by atoms with van der Waals surface area (Å²) in [5.41, 5.74) is 2.12. The minimum Gasteiger partial charge on any atom is -0.494 e. The molecule has 2 aromatic carbocycles. The van der Waals surface area contributed by atoms with Gasteiger partial charge in [-0.05, 0) is 55.7 Å². The first-order valence-corrected chi connectivity index (χ1v) is 12.5. The highest BCUT2D eigenvalue weighted by atomic mass is 35.5. The number of nitrogens with zero attached hydrogens (tertiary/aromatic N) is 2. The summed E-state index contributed by atoms with van der Waals surface area (Å²) in [4.78, 5) is 31.5. The lowest BCUT2D eigenvalue weighted by Crippen LogP contribution is -2.38. The fraction of sp³-hybridized carbons (Fsp3) is 0.407. The number of ether oxygens (including phenoxy) is 2. The molecule has 3 heterocycles. The van der Waals surface area contributed by atoms with Gasteiger partial charge in [-0.3, -0.25) is 14.5 Å². The second kappa shape index (κ2) is 10.0. The summed E-state index contributed by atoms with van der Waals surface area (Å²) in [5.74, 6) is 0.547. The Morgan fingerprint density at radius 3 is 2.69 bits per heavy atom. The van der Waals surface area contributed by atoms with Crippen molar-refractivity contribution < 1.29 is 18.7 Å². The van der Waals surface area contributed by atoms with Crippen LogP contribution in [0.15, 0.2) is 45.6 Å². The summed E-state index contributed by atoms with van der Waals surface area (Å²) in [6.07, 6.45) is 0.778. The predicted molar refractivity (Wildman–Crippen MR) is 135 cm³/mol. The highest BCUT2D eigenvalue weighted by Gasteiger charge is 2.42. The number of halogens is 1. The first-order chi connectivity index (χ1) is 17.0. The maximum absolute atomic E-state index is 13.7. The van der Waals surface area contributed by atoms with Crippen LogP contribution in [0.2, 0.25) is 5.02 Å². The van der Waals surface area contributed by atoms with Crippen molar-refractivity contribution in [1.29, 1.82) is 0 Å². The molecule has 0 aliphatic carbocycles. The molecular formula is C27H29ClN2O5. The molecule has 0 spiro atoms. The molecule has 35 heavy (non-hydrogen) atoms. The van der Waals surface area contributed by atoms with Crippen molar-refractivity contribution in [3.05, 3.63) is 74.1 Å². The smallest absolute Gasteiger partial charge is 0.290 e. The van der Waals surface area contributed by atoms with E-state index in [0.717, 1.165) is 50.4 Å². The van der Waals surface area contributed by atoms with E-state index in [-0.39, 0.29) is 17.1 Å². The van der Waals surface area contributed by atoms with Crippen LogP contribution < -0.4 is 10.2 Å². The second-order valence-electron chi connectivity index (χ2n) is 8.99. The number of benzene rings is 2. The van der Waals surface area contributed by atoms with E-state index in [9.17, 15) is 9.59 Å². The summed E-state index contributed by atoms with van der Waals surface area (Å²) in [5, 5.41) is 0.875. The molecule has 1 atom stereocenters. The molecule has 0 saturated carbocycles. The van der Waals surface area contributed by atoms with Crippen LogP contribution in [-0.4, -0.2) is 61.7 Å². The minimum absolute atomic E-state index is 0.113. The summed E-state index contributed by atoms with van der Waals surface area (Å²) in [6.45, 7) is 8.88. The molecule has 1 fully saturated rings. The van der Waals surface area contributed by atoms with E-state index in [1.165, 1.54) is 0 Å². The number of hydrogen-bond donors (Lipinski definition) is 0. The summed E-state index contributed by atoms with van der Waals surface area (Å²) in [7, 11) is 0. The quantitative estimate of drug-likeness (QED) is 0.482. The van der Waals surface area contributed by atoms with Crippen molar-refractivity contribution in [2.75, 3.05) is 46.0 Å². The van der Waals surface area contributed by atoms with Gasteiger partial charge in [0.05, 0.1) is 36.8 Å². The summed E-state index contributed by atoms with van der Waals surface area (Å²) >= 11 is 6.33. The van der Waals surface area contributed by atoms with Crippen LogP contribution in [0.25, 0.3) is 11.0 Å². The third-order valence-corrected chi connectivity index (χ3v) is 7.12. The molecule has 0 bridgehead atoms. The van der Waals surface area contributed by atoms with Crippen molar-refractivity contribution >= 4 is 28.5 Å². The number of fused-ring (bicyclic) bond motifs is 2. The van der Waals surface area contributed by atoms with Gasteiger partial charge in [-0.2, -0.15) is 0 Å². The monoisotopic (exact) mass is 496 g/mol. The van der Waals surface area contributed by atoms with Crippen LogP contribution in [-0.2, 0) is 4.74 Å². The van der Waals surface area contributed by atoms with Crippen molar-refractivity contribution in [2.45, 2.75) is 26.3 Å². The number of aryl methyl sites for hydroxylation is 1. The molecule has 8 heteroatoms. The van der Waals surface area contributed by atoms with Gasteiger partial charge in [-0.1, -0.05) is 23.7 Å². The Kier molecular flexibility index (Phi) is 6.82. The molecule has 5 rings (SSSR count). The van der Waals surface area contributed by atoms with Gasteiger partial charge < -0.3 is 18.8 Å². The zero-order chi connectivity index (χ0) is 24.5. The third kappa shape index (κ3) is 4.56. The molecule has 1 unspecified atom stereocenters. The highest BCUT2D eigenvalue weighted by molar-refractivity contribution is 6.32. The molecule has 1 aromatic heterocycles. The zero-order valence-corrected chi connectivity index (χ0v) is 20.8. The maximum atomic E-state index is 13.7. The van der Waals surface area contributed by atoms with E-state index in [4.69, 9.17) is 25.5 Å². The number of hydrogen-bond acceptors (Lipinski definition) is 6. The van der Waals surface area contributed by atoms with Gasteiger partial charge in [0.1, 0.15) is 11.3 Å². The number of carbonyl (C=O) groups excluding carboxylic acids is 1. The SMILES string of the molecule is CCOc1cccc(C2c3c(oc4cc(C)c(Cl)cc4c3=O)C(=O)N2CCCN2CCOCC2)c1. The van der Waals surface area contributed by atoms with Crippen LogP contribution in [0.3, 0.4) is 0 Å². The van der Waals surface area contributed by atoms with E-state index in [1.807, 2.05) is 38.1 Å². The molecule has 184 valence electrons. The lowest BCUT2D eigenvalue weighted by Gasteiger charge is -2.29. The lowest BCUT2D eigenvalue weighted by atomic mass is 9.98. The number of morpholine rings is 1. The van der Waals surface area contributed by atoms with E-state index >= 15 is 0 Å². The van der Waals surface area contributed by atoms with Crippen LogP contribution in [0.4, 0.5) is 0 Å². The Labute approximate surface area is 209 Å². The van der Waals surface area contributed by atoms with Crippen molar-refractivity contribution in [2.24, 2.45) is 0 Å². The van der Waals surface area contributed by atoms with Gasteiger partial charge in [-0.25, -0.2) is 0 Å². The molecule has 2 aliphatic heterocycles. The number of carbonyl (C=O) groups is 1. The third-order valence-electron chi connectivity index (χ3n) is 6.71. The Balaban J connectivity index is 1.56. The first-order valence-electron chi connectivity index (χ1n) is 12.1. The van der Waals surface area contributed by atoms with E-state index < -0.39 is 6.04 Å². The van der Waals surface area contributed by atoms with Gasteiger partial charge in [-0.15, -0.1) is 0 Å². The average Bonchev–Trinajstić information content (AvgIpc) is 3.13. The van der Waals surface area contributed by atoms with Gasteiger partial charge in [0.2, 0.25) is 5.76 Å². The van der Waals surface area contributed by atoms with Crippen molar-refractivity contribution in [3.8, 4) is 5.75 Å². The van der Waals surface area contributed by atoms with Crippen molar-refractivity contribution in [3.63, 3.8) is 0 Å². The number of rotatable bonds is 7. The fourth-order valence-electron chi connectivity index (χ4n) is 4.95. The Hall–Kier alpha value is -2.87. The highest BCUT2D eigenvalue weighted by Crippen LogP contribution is 2.39. The Bertz CT molecular complexity index is 1310. The molecule has 1 saturated heterocycles. The van der Waals surface area contributed by atoms with E-state index in [2.05, 4.69) is 4.90 Å². The maximum Gasteiger partial charge on any atom is 0.290 e. The van der Waals surface area contributed by atoms with E-state index in [0.29, 0.717) is 40.5 Å². The van der Waals surface area contributed by atoms with Crippen LogP contribution in [0.1, 0.15) is 46.6 Å². The first kappa shape index (κ1) is 23.9. The Morgan fingerprint density at radius 2 is 1.91 bits per heavy atom. The summed E-state index contributed by atoms with van der Waals surface area (Å²) < 4.78 is 17.2. The fourth-order valence-corrected chi connectivity index (χ4v) is 5.11. The summed E-state index contributed by atoms with van der Waals surface area (Å²) in [6, 6.07) is 10.4. The second-order valence-corrected chi connectivity index (χ2v) is 9.39. The van der Waals surface area contributed by atoms with Crippen LogP contribution in [0, 0.1) is 6.92 Å². The number of amides is 1. The Morgan fingerprint density at radius 1 is 1.11 bits per heavy atom. The standard InChI is InChI=1S/C27H29ClN2O5/c1-3-34-19-7-4-6-18(15-19)24-23-25(31)20-16-21(28)17(2)14-22(20)35-26(23)27(32)30(24)9-5-8-29-10-12-33-13-11-29/h4,6-7,14-16,24H,3,5,8-13H2,1-2H3. The molecule has 2 aliphatic rings. The van der Waals surface area contributed by atoms with Gasteiger partial charge in [0.25, 0.3) is 5.91 Å². The van der Waals surface area contributed by atoms with Crippen LogP contribution >= 0.6 is 11.6 Å². The molecule has 0 radical (unpaired) electrons. The molecular weight excluding hydrogens is 468 g/mol. The molecule has 1 amide bonds. The lowest BCUT2D eigenvalue weighted by molar-refractivity contribution is 0.0353. The minimum atomic E-state index is -0.552. The molecule has 3 aromatic rings. The van der Waals surface area contributed by atoms with Crippen LogP contribution in [0.5, 0.6) is 5.75 Å². The average molecular weight is 497 g/mol. The predicted octanol–water partition coefficient (Wildman–Crippen LogP) is 4.42. The van der Waals surface area contributed by atoms with Crippen molar-refractivity contribution in [1.82, 2.24) is 9.80 Å². The van der Waals surface area contributed by atoms with Gasteiger partial charge in [0.15, 0.2) is 5.43 Å².